The van der Waals surface area contributed by atoms with Crippen LogP contribution in [0.15, 0.2) is 0 Å². The van der Waals surface area contributed by atoms with E-state index in [1.165, 1.54) is 32.4 Å². The van der Waals surface area contributed by atoms with Gasteiger partial charge in [-0.3, -0.25) is 0 Å². The van der Waals surface area contributed by atoms with Gasteiger partial charge in [-0.25, -0.2) is 0 Å². The molecule has 74 valence electrons. The molecule has 0 spiro atoms. The van der Waals surface area contributed by atoms with Crippen molar-refractivity contribution in [1.82, 2.24) is 5.32 Å². The zero-order valence-corrected chi connectivity index (χ0v) is 9.19. The van der Waals surface area contributed by atoms with E-state index in [-0.39, 0.29) is 0 Å². The molecule has 1 N–H and O–H groups in total. The Morgan fingerprint density at radius 3 is 2.17 bits per heavy atom. The first-order valence-electron chi connectivity index (χ1n) is 5.43. The van der Waals surface area contributed by atoms with Crippen LogP contribution < -0.4 is 5.32 Å². The molecule has 12 heavy (non-hydrogen) atoms. The summed E-state index contributed by atoms with van der Waals surface area (Å²) in [6.07, 6.45) is 3.93. The zero-order valence-electron chi connectivity index (χ0n) is 9.19. The third kappa shape index (κ3) is 5.59. The Labute approximate surface area is 77.9 Å². The second-order valence-electron chi connectivity index (χ2n) is 4.00. The summed E-state index contributed by atoms with van der Waals surface area (Å²) in [5, 5.41) is 3.50. The zero-order chi connectivity index (χ0) is 9.40. The minimum atomic E-state index is 0.828. The summed E-state index contributed by atoms with van der Waals surface area (Å²) in [5.74, 6) is 1.70. The Bertz CT molecular complexity index is 89.0. The molecule has 0 rings (SSSR count). The van der Waals surface area contributed by atoms with Gasteiger partial charge in [0.05, 0.1) is 0 Å². The fourth-order valence-corrected chi connectivity index (χ4v) is 1.51. The minimum Gasteiger partial charge on any atom is -0.316 e. The van der Waals surface area contributed by atoms with E-state index in [2.05, 4.69) is 33.0 Å². The molecule has 0 aromatic rings. The standard InChI is InChI=1S/C11H25N/c1-5-7-11(10(3)4)9-12-8-6-2/h10-12H,5-9H2,1-4H3/t11-/m1/s1. The average molecular weight is 171 g/mol. The summed E-state index contributed by atoms with van der Waals surface area (Å²) < 4.78 is 0. The Morgan fingerprint density at radius 2 is 1.75 bits per heavy atom. The lowest BCUT2D eigenvalue weighted by molar-refractivity contribution is 0.338. The van der Waals surface area contributed by atoms with E-state index in [0.717, 1.165) is 11.8 Å². The molecule has 0 aliphatic rings. The summed E-state index contributed by atoms with van der Waals surface area (Å²) in [4.78, 5) is 0. The largest absolute Gasteiger partial charge is 0.316 e. The van der Waals surface area contributed by atoms with Crippen LogP contribution >= 0.6 is 0 Å². The van der Waals surface area contributed by atoms with E-state index in [1.54, 1.807) is 0 Å². The van der Waals surface area contributed by atoms with Gasteiger partial charge in [0.25, 0.3) is 0 Å². The normalized spacial score (nSPS) is 13.8. The summed E-state index contributed by atoms with van der Waals surface area (Å²) in [6, 6.07) is 0. The molecule has 0 saturated carbocycles. The predicted octanol–water partition coefficient (Wildman–Crippen LogP) is 3.06. The molecule has 0 bridgehead atoms. The maximum Gasteiger partial charge on any atom is -0.00181 e. The van der Waals surface area contributed by atoms with Crippen LogP contribution in [0.3, 0.4) is 0 Å². The van der Waals surface area contributed by atoms with E-state index in [1.807, 2.05) is 0 Å². The van der Waals surface area contributed by atoms with Gasteiger partial charge in [-0.15, -0.1) is 0 Å². The van der Waals surface area contributed by atoms with Gasteiger partial charge in [-0.2, -0.15) is 0 Å². The third-order valence-electron chi connectivity index (χ3n) is 2.44. The predicted molar refractivity (Wildman–Crippen MR) is 56.4 cm³/mol. The van der Waals surface area contributed by atoms with Crippen molar-refractivity contribution in [1.29, 1.82) is 0 Å². The van der Waals surface area contributed by atoms with Gasteiger partial charge in [-0.05, 0) is 37.8 Å². The molecule has 0 saturated heterocycles. The van der Waals surface area contributed by atoms with Crippen molar-refractivity contribution in [2.24, 2.45) is 11.8 Å². The molecule has 0 amide bonds. The second kappa shape index (κ2) is 7.60. The molecule has 0 unspecified atom stereocenters. The monoisotopic (exact) mass is 171 g/mol. The first-order valence-corrected chi connectivity index (χ1v) is 5.43. The van der Waals surface area contributed by atoms with Gasteiger partial charge in [-0.1, -0.05) is 34.1 Å². The van der Waals surface area contributed by atoms with Crippen LogP contribution in [0.5, 0.6) is 0 Å². The van der Waals surface area contributed by atoms with Crippen molar-refractivity contribution < 1.29 is 0 Å². The molecule has 0 fully saturated rings. The smallest absolute Gasteiger partial charge is 0.00181 e. The van der Waals surface area contributed by atoms with E-state index < -0.39 is 0 Å². The lowest BCUT2D eigenvalue weighted by atomic mass is 9.91. The molecule has 1 atom stereocenters. The molecule has 0 aliphatic heterocycles. The van der Waals surface area contributed by atoms with E-state index >= 15 is 0 Å². The molecule has 1 nitrogen and oxygen atoms in total. The molecular weight excluding hydrogens is 146 g/mol. The van der Waals surface area contributed by atoms with Crippen LogP contribution in [0.25, 0.3) is 0 Å². The second-order valence-corrected chi connectivity index (χ2v) is 4.00. The van der Waals surface area contributed by atoms with E-state index in [0.29, 0.717) is 0 Å². The number of nitrogens with one attached hydrogen (secondary N) is 1. The average Bonchev–Trinajstić information content (AvgIpc) is 2.03. The van der Waals surface area contributed by atoms with E-state index in [4.69, 9.17) is 0 Å². The van der Waals surface area contributed by atoms with Crippen molar-refractivity contribution in [2.45, 2.75) is 47.0 Å². The van der Waals surface area contributed by atoms with Crippen molar-refractivity contribution in [2.75, 3.05) is 13.1 Å². The van der Waals surface area contributed by atoms with Gasteiger partial charge >= 0.3 is 0 Å². The van der Waals surface area contributed by atoms with Gasteiger partial charge in [0.15, 0.2) is 0 Å². The maximum absolute atomic E-state index is 3.50. The molecule has 0 radical (unpaired) electrons. The Morgan fingerprint density at radius 1 is 1.08 bits per heavy atom. The third-order valence-corrected chi connectivity index (χ3v) is 2.44. The summed E-state index contributed by atoms with van der Waals surface area (Å²) in [5.41, 5.74) is 0. The first-order chi connectivity index (χ1) is 5.72. The highest BCUT2D eigenvalue weighted by Gasteiger charge is 2.10. The van der Waals surface area contributed by atoms with Crippen molar-refractivity contribution in [3.05, 3.63) is 0 Å². The molecule has 0 aromatic carbocycles. The summed E-state index contributed by atoms with van der Waals surface area (Å²) >= 11 is 0. The number of rotatable bonds is 7. The first kappa shape index (κ1) is 12.0. The topological polar surface area (TPSA) is 12.0 Å². The molecule has 0 heterocycles. The molecular formula is C11H25N. The highest BCUT2D eigenvalue weighted by molar-refractivity contribution is 4.65. The van der Waals surface area contributed by atoms with Crippen LogP contribution in [0.4, 0.5) is 0 Å². The summed E-state index contributed by atoms with van der Waals surface area (Å²) in [6.45, 7) is 11.5. The van der Waals surface area contributed by atoms with Crippen molar-refractivity contribution in [3.63, 3.8) is 0 Å². The molecule has 0 aliphatic carbocycles. The quantitative estimate of drug-likeness (QED) is 0.580. The molecule has 0 aromatic heterocycles. The highest BCUT2D eigenvalue weighted by atomic mass is 14.8. The van der Waals surface area contributed by atoms with Crippen LogP contribution in [0, 0.1) is 11.8 Å². The maximum atomic E-state index is 3.50. The van der Waals surface area contributed by atoms with Crippen LogP contribution in [0.1, 0.15) is 47.0 Å². The van der Waals surface area contributed by atoms with Gasteiger partial charge in [0.2, 0.25) is 0 Å². The van der Waals surface area contributed by atoms with Gasteiger partial charge in [0.1, 0.15) is 0 Å². The fraction of sp³-hybridized carbons (Fsp3) is 1.00. The van der Waals surface area contributed by atoms with Crippen molar-refractivity contribution >= 4 is 0 Å². The lowest BCUT2D eigenvalue weighted by Crippen LogP contribution is -2.26. The summed E-state index contributed by atoms with van der Waals surface area (Å²) in [7, 11) is 0. The Kier molecular flexibility index (Phi) is 7.58. The van der Waals surface area contributed by atoms with Crippen LogP contribution in [-0.4, -0.2) is 13.1 Å². The van der Waals surface area contributed by atoms with Crippen LogP contribution in [-0.2, 0) is 0 Å². The van der Waals surface area contributed by atoms with Crippen molar-refractivity contribution in [3.8, 4) is 0 Å². The van der Waals surface area contributed by atoms with Gasteiger partial charge < -0.3 is 5.32 Å². The highest BCUT2D eigenvalue weighted by Crippen LogP contribution is 2.15. The van der Waals surface area contributed by atoms with Crippen LogP contribution in [0.2, 0.25) is 0 Å². The van der Waals surface area contributed by atoms with Gasteiger partial charge in [0, 0.05) is 0 Å². The fourth-order valence-electron chi connectivity index (χ4n) is 1.51. The minimum absolute atomic E-state index is 0.828. The lowest BCUT2D eigenvalue weighted by Gasteiger charge is -2.20. The Balaban J connectivity index is 3.49. The SMILES string of the molecule is CCCNC[C@@H](CCC)C(C)C. The Hall–Kier alpha value is -0.0400. The number of hydrogen-bond acceptors (Lipinski definition) is 1. The number of hydrogen-bond donors (Lipinski definition) is 1. The molecule has 1 heteroatoms. The van der Waals surface area contributed by atoms with E-state index in [9.17, 15) is 0 Å².